The van der Waals surface area contributed by atoms with Gasteiger partial charge in [0.25, 0.3) is 0 Å². The monoisotopic (exact) mass is 271 g/mol. The Kier molecular flexibility index (Phi) is 3.83. The highest BCUT2D eigenvalue weighted by atomic mass is 35.5. The Morgan fingerprint density at radius 1 is 1.72 bits per heavy atom. The summed E-state index contributed by atoms with van der Waals surface area (Å²) >= 11 is 5.76. The number of likely N-dealkylation sites (N-methyl/N-ethyl adjacent to an activating group) is 1. The summed E-state index contributed by atoms with van der Waals surface area (Å²) in [6, 6.07) is -0.461. The molecule has 1 atom stereocenters. The van der Waals surface area contributed by atoms with Crippen LogP contribution in [0.1, 0.15) is 0 Å². The Labute approximate surface area is 109 Å². The molecule has 1 fully saturated rings. The third kappa shape index (κ3) is 2.46. The number of nitrogen functional groups attached to an aromatic ring is 1. The van der Waals surface area contributed by atoms with Crippen LogP contribution in [-0.4, -0.2) is 48.7 Å². The van der Waals surface area contributed by atoms with Crippen molar-refractivity contribution in [1.82, 2.24) is 15.3 Å². The summed E-state index contributed by atoms with van der Waals surface area (Å²) < 4.78 is 5.31. The minimum Gasteiger partial charge on any atom is -0.394 e. The number of hydrogen-bond donors (Lipinski definition) is 2. The van der Waals surface area contributed by atoms with Gasteiger partial charge in [-0.3, -0.25) is 4.79 Å². The summed E-state index contributed by atoms with van der Waals surface area (Å²) in [5, 5.41) is 2.69. The second-order valence-corrected chi connectivity index (χ2v) is 4.15. The lowest BCUT2D eigenvalue weighted by Gasteiger charge is -2.35. The number of aromatic nitrogens is 2. The second kappa shape index (κ2) is 5.36. The minimum atomic E-state index is -0.461. The summed E-state index contributed by atoms with van der Waals surface area (Å²) in [6.07, 6.45) is 1.43. The van der Waals surface area contributed by atoms with E-state index >= 15 is 0 Å². The fourth-order valence-electron chi connectivity index (χ4n) is 1.83. The van der Waals surface area contributed by atoms with Gasteiger partial charge in [-0.25, -0.2) is 4.98 Å². The second-order valence-electron chi connectivity index (χ2n) is 3.82. The molecule has 0 saturated carbocycles. The van der Waals surface area contributed by atoms with Gasteiger partial charge in [-0.2, -0.15) is 4.98 Å². The topological polar surface area (TPSA) is 93.4 Å². The van der Waals surface area contributed by atoms with E-state index in [1.54, 1.807) is 11.9 Å². The van der Waals surface area contributed by atoms with Gasteiger partial charge in [-0.15, -0.1) is 0 Å². The molecule has 0 spiro atoms. The largest absolute Gasteiger partial charge is 0.394 e. The molecule has 7 nitrogen and oxygen atoms in total. The number of halogens is 1. The standard InChI is InChI=1S/C10H14ClN5O2/c1-13-9(17)7-5-18-3-2-16(7)8-6(12)4-14-10(11)15-8/h4,7H,2-3,5,12H2,1H3,(H,13,17). The molecule has 1 saturated heterocycles. The van der Waals surface area contributed by atoms with Gasteiger partial charge in [0.1, 0.15) is 6.04 Å². The first-order valence-electron chi connectivity index (χ1n) is 5.47. The third-order valence-electron chi connectivity index (χ3n) is 2.72. The first-order valence-corrected chi connectivity index (χ1v) is 5.85. The average molecular weight is 272 g/mol. The molecule has 98 valence electrons. The van der Waals surface area contributed by atoms with E-state index in [-0.39, 0.29) is 11.2 Å². The molecule has 2 heterocycles. The zero-order valence-electron chi connectivity index (χ0n) is 9.89. The Bertz CT molecular complexity index is 456. The van der Waals surface area contributed by atoms with Crippen LogP contribution in [0.2, 0.25) is 5.28 Å². The molecule has 0 radical (unpaired) electrons. The van der Waals surface area contributed by atoms with Crippen LogP contribution in [0.15, 0.2) is 6.20 Å². The van der Waals surface area contributed by atoms with E-state index in [1.165, 1.54) is 6.20 Å². The van der Waals surface area contributed by atoms with Crippen LogP contribution in [0, 0.1) is 0 Å². The maximum Gasteiger partial charge on any atom is 0.244 e. The van der Waals surface area contributed by atoms with Crippen molar-refractivity contribution in [2.75, 3.05) is 37.4 Å². The van der Waals surface area contributed by atoms with Gasteiger partial charge in [0, 0.05) is 13.6 Å². The third-order valence-corrected chi connectivity index (χ3v) is 2.90. The molecule has 1 unspecified atom stereocenters. The van der Waals surface area contributed by atoms with Crippen LogP contribution in [-0.2, 0) is 9.53 Å². The van der Waals surface area contributed by atoms with E-state index < -0.39 is 6.04 Å². The van der Waals surface area contributed by atoms with E-state index in [1.807, 2.05) is 0 Å². The van der Waals surface area contributed by atoms with Gasteiger partial charge >= 0.3 is 0 Å². The van der Waals surface area contributed by atoms with Gasteiger partial charge in [-0.1, -0.05) is 0 Å². The molecule has 1 amide bonds. The highest BCUT2D eigenvalue weighted by Gasteiger charge is 2.31. The maximum atomic E-state index is 11.8. The van der Waals surface area contributed by atoms with Crippen LogP contribution >= 0.6 is 11.6 Å². The fraction of sp³-hybridized carbons (Fsp3) is 0.500. The van der Waals surface area contributed by atoms with Crippen molar-refractivity contribution in [3.63, 3.8) is 0 Å². The zero-order chi connectivity index (χ0) is 13.1. The molecule has 3 N–H and O–H groups in total. The van der Waals surface area contributed by atoms with Gasteiger partial charge in [0.2, 0.25) is 11.2 Å². The predicted molar refractivity (Wildman–Crippen MR) is 67.5 cm³/mol. The SMILES string of the molecule is CNC(=O)C1COCCN1c1nc(Cl)ncc1N. The van der Waals surface area contributed by atoms with Crippen molar-refractivity contribution in [2.24, 2.45) is 0 Å². The number of hydrogen-bond acceptors (Lipinski definition) is 6. The number of nitrogens with one attached hydrogen (secondary N) is 1. The number of carbonyl (C=O) groups is 1. The van der Waals surface area contributed by atoms with Crippen LogP contribution in [0.5, 0.6) is 0 Å². The van der Waals surface area contributed by atoms with Gasteiger partial charge < -0.3 is 20.7 Å². The molecule has 18 heavy (non-hydrogen) atoms. The normalized spacial score (nSPS) is 19.7. The summed E-state index contributed by atoms with van der Waals surface area (Å²) in [5.74, 6) is 0.315. The smallest absolute Gasteiger partial charge is 0.244 e. The van der Waals surface area contributed by atoms with Crippen molar-refractivity contribution < 1.29 is 9.53 Å². The minimum absolute atomic E-state index is 0.0985. The molecule has 1 aliphatic rings. The molecule has 8 heteroatoms. The Hall–Kier alpha value is -1.60. The molecule has 2 rings (SSSR count). The summed E-state index contributed by atoms with van der Waals surface area (Å²) in [6.45, 7) is 1.32. The quantitative estimate of drug-likeness (QED) is 0.715. The fourth-order valence-corrected chi connectivity index (χ4v) is 1.96. The molecule has 0 aromatic carbocycles. The van der Waals surface area contributed by atoms with E-state index in [0.29, 0.717) is 31.3 Å². The Balaban J connectivity index is 2.33. The lowest BCUT2D eigenvalue weighted by Crippen LogP contribution is -2.53. The van der Waals surface area contributed by atoms with E-state index in [2.05, 4.69) is 15.3 Å². The van der Waals surface area contributed by atoms with Crippen molar-refractivity contribution in [1.29, 1.82) is 0 Å². The van der Waals surface area contributed by atoms with Crippen LogP contribution in [0.25, 0.3) is 0 Å². The molecule has 0 aliphatic carbocycles. The first-order chi connectivity index (χ1) is 8.63. The predicted octanol–water partition coefficient (Wildman–Crippen LogP) is -0.337. The van der Waals surface area contributed by atoms with Crippen LogP contribution < -0.4 is 16.0 Å². The number of nitrogens with zero attached hydrogens (tertiary/aromatic N) is 3. The molecule has 1 aromatic heterocycles. The van der Waals surface area contributed by atoms with Gasteiger partial charge in [0.15, 0.2) is 5.82 Å². The van der Waals surface area contributed by atoms with E-state index in [9.17, 15) is 4.79 Å². The zero-order valence-corrected chi connectivity index (χ0v) is 10.6. The van der Waals surface area contributed by atoms with E-state index in [0.717, 1.165) is 0 Å². The van der Waals surface area contributed by atoms with Gasteiger partial charge in [0.05, 0.1) is 25.1 Å². The Morgan fingerprint density at radius 3 is 3.22 bits per heavy atom. The summed E-state index contributed by atoms with van der Waals surface area (Å²) in [4.78, 5) is 21.5. The van der Waals surface area contributed by atoms with Crippen molar-refractivity contribution >= 4 is 29.0 Å². The van der Waals surface area contributed by atoms with Crippen molar-refractivity contribution in [3.8, 4) is 0 Å². The van der Waals surface area contributed by atoms with Gasteiger partial charge in [-0.05, 0) is 11.6 Å². The highest BCUT2D eigenvalue weighted by Crippen LogP contribution is 2.24. The molecular formula is C10H14ClN5O2. The number of amides is 1. The van der Waals surface area contributed by atoms with Crippen LogP contribution in [0.3, 0.4) is 0 Å². The number of nitrogens with two attached hydrogens (primary N) is 1. The summed E-state index contributed by atoms with van der Waals surface area (Å²) in [7, 11) is 1.57. The first kappa shape index (κ1) is 12.8. The lowest BCUT2D eigenvalue weighted by molar-refractivity contribution is -0.124. The molecule has 1 aliphatic heterocycles. The van der Waals surface area contributed by atoms with Crippen LogP contribution in [0.4, 0.5) is 11.5 Å². The number of morpholine rings is 1. The van der Waals surface area contributed by atoms with E-state index in [4.69, 9.17) is 22.1 Å². The number of anilines is 2. The highest BCUT2D eigenvalue weighted by molar-refractivity contribution is 6.28. The number of rotatable bonds is 2. The van der Waals surface area contributed by atoms with Crippen molar-refractivity contribution in [2.45, 2.75) is 6.04 Å². The molecule has 1 aromatic rings. The number of carbonyl (C=O) groups excluding carboxylic acids is 1. The molecule has 0 bridgehead atoms. The average Bonchev–Trinajstić information content (AvgIpc) is 2.40. The lowest BCUT2D eigenvalue weighted by atomic mass is 10.2. The maximum absolute atomic E-state index is 11.8. The Morgan fingerprint density at radius 2 is 2.50 bits per heavy atom. The molecular weight excluding hydrogens is 258 g/mol. The summed E-state index contributed by atoms with van der Waals surface area (Å²) in [5.41, 5.74) is 6.21. The van der Waals surface area contributed by atoms with Crippen molar-refractivity contribution in [3.05, 3.63) is 11.5 Å². The number of ether oxygens (including phenoxy) is 1.